The van der Waals surface area contributed by atoms with Gasteiger partial charge in [0.2, 0.25) is 0 Å². The van der Waals surface area contributed by atoms with Gasteiger partial charge in [0, 0.05) is 12.5 Å². The first-order chi connectivity index (χ1) is 10.1. The Hall–Kier alpha value is -1.02. The predicted octanol–water partition coefficient (Wildman–Crippen LogP) is 4.25. The fourth-order valence-corrected chi connectivity index (χ4v) is 4.14. The molecule has 0 bridgehead atoms. The largest absolute Gasteiger partial charge is 0.490 e. The quantitative estimate of drug-likeness (QED) is 0.874. The molecule has 1 heterocycles. The summed E-state index contributed by atoms with van der Waals surface area (Å²) in [5.74, 6) is 1.12. The van der Waals surface area contributed by atoms with Crippen LogP contribution in [0.1, 0.15) is 57.1 Å². The van der Waals surface area contributed by atoms with Crippen molar-refractivity contribution in [3.8, 4) is 5.75 Å². The number of fused-ring (bicyclic) bond motifs is 1. The molecule has 0 spiro atoms. The first-order valence-corrected chi connectivity index (χ1v) is 8.57. The molecule has 1 aromatic carbocycles. The molecule has 2 nitrogen and oxygen atoms in total. The molecule has 1 aliphatic carbocycles. The summed E-state index contributed by atoms with van der Waals surface area (Å²) in [6, 6.07) is 7.31. The van der Waals surface area contributed by atoms with Gasteiger partial charge in [-0.15, -0.1) is 0 Å². The van der Waals surface area contributed by atoms with Crippen LogP contribution in [-0.2, 0) is 6.42 Å². The summed E-state index contributed by atoms with van der Waals surface area (Å²) >= 11 is 0. The second kappa shape index (κ2) is 6.00. The van der Waals surface area contributed by atoms with Crippen molar-refractivity contribution >= 4 is 0 Å². The third-order valence-electron chi connectivity index (χ3n) is 5.20. The molecule has 1 N–H and O–H groups in total. The monoisotopic (exact) mass is 287 g/mol. The van der Waals surface area contributed by atoms with Crippen molar-refractivity contribution in [2.75, 3.05) is 6.54 Å². The molecule has 3 rings (SSSR count). The molecular weight excluding hydrogens is 258 g/mol. The molecule has 1 aliphatic heterocycles. The van der Waals surface area contributed by atoms with Gasteiger partial charge in [0.15, 0.2) is 0 Å². The van der Waals surface area contributed by atoms with E-state index in [9.17, 15) is 0 Å². The molecule has 1 aromatic rings. The lowest BCUT2D eigenvalue weighted by atomic mass is 9.81. The first kappa shape index (κ1) is 14.9. The first-order valence-electron chi connectivity index (χ1n) is 8.57. The summed E-state index contributed by atoms with van der Waals surface area (Å²) in [5.41, 5.74) is 3.20. The van der Waals surface area contributed by atoms with E-state index in [4.69, 9.17) is 4.74 Å². The van der Waals surface area contributed by atoms with E-state index in [2.05, 4.69) is 44.3 Å². The molecule has 3 unspecified atom stereocenters. The Bertz CT molecular complexity index is 498. The molecule has 0 aromatic heterocycles. The third-order valence-corrected chi connectivity index (χ3v) is 5.20. The van der Waals surface area contributed by atoms with Crippen LogP contribution < -0.4 is 10.1 Å². The fourth-order valence-electron chi connectivity index (χ4n) is 4.14. The molecule has 0 radical (unpaired) electrons. The van der Waals surface area contributed by atoms with E-state index in [1.54, 1.807) is 0 Å². The van der Waals surface area contributed by atoms with Crippen LogP contribution in [0.2, 0.25) is 0 Å². The molecule has 2 aliphatic rings. The molecule has 0 saturated heterocycles. The Morgan fingerprint density at radius 3 is 3.05 bits per heavy atom. The smallest absolute Gasteiger partial charge is 0.123 e. The highest BCUT2D eigenvalue weighted by molar-refractivity contribution is 5.40. The third kappa shape index (κ3) is 3.42. The number of ether oxygens (including phenoxy) is 1. The second-order valence-electron chi connectivity index (χ2n) is 7.46. The Labute approximate surface area is 129 Å². The molecule has 1 saturated carbocycles. The van der Waals surface area contributed by atoms with Crippen molar-refractivity contribution in [1.82, 2.24) is 5.32 Å². The SMILES string of the molecule is CCCNC1CCC(C)(CC2Cc3cc(C)ccc3O2)C1. The maximum absolute atomic E-state index is 6.19. The van der Waals surface area contributed by atoms with Gasteiger partial charge in [-0.3, -0.25) is 0 Å². The summed E-state index contributed by atoms with van der Waals surface area (Å²) in [7, 11) is 0. The highest BCUT2D eigenvalue weighted by Crippen LogP contribution is 2.44. The Morgan fingerprint density at radius 2 is 2.24 bits per heavy atom. The summed E-state index contributed by atoms with van der Waals surface area (Å²) in [6.07, 6.45) is 7.89. The minimum absolute atomic E-state index is 0.386. The van der Waals surface area contributed by atoms with E-state index in [0.29, 0.717) is 11.5 Å². The number of hydrogen-bond acceptors (Lipinski definition) is 2. The summed E-state index contributed by atoms with van der Waals surface area (Å²) in [4.78, 5) is 0. The molecule has 0 amide bonds. The Kier molecular flexibility index (Phi) is 4.26. The molecular formula is C19H29NO. The van der Waals surface area contributed by atoms with Crippen molar-refractivity contribution in [1.29, 1.82) is 0 Å². The average Bonchev–Trinajstić information content (AvgIpc) is 2.99. The van der Waals surface area contributed by atoms with Crippen LogP contribution in [-0.4, -0.2) is 18.7 Å². The number of rotatable bonds is 5. The lowest BCUT2D eigenvalue weighted by molar-refractivity contribution is 0.147. The van der Waals surface area contributed by atoms with Crippen molar-refractivity contribution in [3.05, 3.63) is 29.3 Å². The highest BCUT2D eigenvalue weighted by atomic mass is 16.5. The van der Waals surface area contributed by atoms with Gasteiger partial charge in [-0.2, -0.15) is 0 Å². The highest BCUT2D eigenvalue weighted by Gasteiger charge is 2.38. The zero-order valence-corrected chi connectivity index (χ0v) is 13.7. The van der Waals surface area contributed by atoms with Crippen LogP contribution in [0.15, 0.2) is 18.2 Å². The van der Waals surface area contributed by atoms with E-state index >= 15 is 0 Å². The van der Waals surface area contributed by atoms with Crippen LogP contribution >= 0.6 is 0 Å². The van der Waals surface area contributed by atoms with E-state index < -0.39 is 0 Å². The maximum Gasteiger partial charge on any atom is 0.123 e. The summed E-state index contributed by atoms with van der Waals surface area (Å²) in [5, 5.41) is 3.70. The van der Waals surface area contributed by atoms with Gasteiger partial charge in [0.25, 0.3) is 0 Å². The lowest BCUT2D eigenvalue weighted by Crippen LogP contribution is -2.30. The molecule has 2 heteroatoms. The normalized spacial score (nSPS) is 31.2. The number of benzene rings is 1. The summed E-state index contributed by atoms with van der Waals surface area (Å²) in [6.45, 7) is 8.02. The van der Waals surface area contributed by atoms with Crippen LogP contribution in [0, 0.1) is 12.3 Å². The average molecular weight is 287 g/mol. The van der Waals surface area contributed by atoms with Crippen LogP contribution in [0.25, 0.3) is 0 Å². The van der Waals surface area contributed by atoms with E-state index in [1.807, 2.05) is 0 Å². The Morgan fingerprint density at radius 1 is 1.38 bits per heavy atom. The molecule has 21 heavy (non-hydrogen) atoms. The van der Waals surface area contributed by atoms with Crippen LogP contribution in [0.3, 0.4) is 0 Å². The lowest BCUT2D eigenvalue weighted by Gasteiger charge is -2.27. The van der Waals surface area contributed by atoms with Gasteiger partial charge in [-0.05, 0) is 62.6 Å². The van der Waals surface area contributed by atoms with E-state index in [1.165, 1.54) is 43.2 Å². The van der Waals surface area contributed by atoms with Crippen molar-refractivity contribution < 1.29 is 4.74 Å². The zero-order valence-electron chi connectivity index (χ0n) is 13.7. The zero-order chi connectivity index (χ0) is 14.9. The van der Waals surface area contributed by atoms with Crippen LogP contribution in [0.5, 0.6) is 5.75 Å². The topological polar surface area (TPSA) is 21.3 Å². The number of hydrogen-bond donors (Lipinski definition) is 1. The van der Waals surface area contributed by atoms with Gasteiger partial charge in [0.05, 0.1) is 0 Å². The van der Waals surface area contributed by atoms with Gasteiger partial charge in [0.1, 0.15) is 11.9 Å². The predicted molar refractivity (Wildman–Crippen MR) is 88.0 cm³/mol. The maximum atomic E-state index is 6.19. The number of nitrogens with one attached hydrogen (secondary N) is 1. The van der Waals surface area contributed by atoms with E-state index in [-0.39, 0.29) is 0 Å². The van der Waals surface area contributed by atoms with Gasteiger partial charge < -0.3 is 10.1 Å². The molecule has 116 valence electrons. The Balaban J connectivity index is 1.56. The minimum Gasteiger partial charge on any atom is -0.490 e. The number of aryl methyl sites for hydroxylation is 1. The summed E-state index contributed by atoms with van der Waals surface area (Å²) < 4.78 is 6.19. The van der Waals surface area contributed by atoms with Crippen molar-refractivity contribution in [3.63, 3.8) is 0 Å². The van der Waals surface area contributed by atoms with Crippen molar-refractivity contribution in [2.24, 2.45) is 5.41 Å². The van der Waals surface area contributed by atoms with E-state index in [0.717, 1.165) is 24.8 Å². The van der Waals surface area contributed by atoms with Gasteiger partial charge >= 0.3 is 0 Å². The van der Waals surface area contributed by atoms with Gasteiger partial charge in [-0.25, -0.2) is 0 Å². The fraction of sp³-hybridized carbons (Fsp3) is 0.684. The second-order valence-corrected chi connectivity index (χ2v) is 7.46. The minimum atomic E-state index is 0.386. The molecule has 3 atom stereocenters. The van der Waals surface area contributed by atoms with Crippen LogP contribution in [0.4, 0.5) is 0 Å². The molecule has 1 fully saturated rings. The van der Waals surface area contributed by atoms with Crippen molar-refractivity contribution in [2.45, 2.75) is 71.4 Å². The standard InChI is InChI=1S/C19H29NO/c1-4-9-20-16-7-8-19(3,12-16)13-17-11-15-10-14(2)5-6-18(15)21-17/h5-6,10,16-17,20H,4,7-9,11-13H2,1-3H3. The van der Waals surface area contributed by atoms with Gasteiger partial charge in [-0.1, -0.05) is 31.5 Å².